The van der Waals surface area contributed by atoms with Crippen LogP contribution in [0.25, 0.3) is 0 Å². The maximum atomic E-state index is 12.8. The van der Waals surface area contributed by atoms with Crippen LogP contribution in [0.3, 0.4) is 0 Å². The minimum Gasteiger partial charge on any atom is -0.324 e. The summed E-state index contributed by atoms with van der Waals surface area (Å²) in [4.78, 5) is 0. The summed E-state index contributed by atoms with van der Waals surface area (Å²) >= 11 is 5.63. The van der Waals surface area contributed by atoms with Crippen LogP contribution in [-0.4, -0.2) is 0 Å². The summed E-state index contributed by atoms with van der Waals surface area (Å²) in [5.41, 5.74) is 6.74. The van der Waals surface area contributed by atoms with E-state index >= 15 is 0 Å². The SMILES string of the molecule is CCC[C@@H](N)c1ccc(F)c(Cl)c1.Cl. The molecule has 0 aliphatic rings. The highest BCUT2D eigenvalue weighted by molar-refractivity contribution is 6.30. The summed E-state index contributed by atoms with van der Waals surface area (Å²) in [7, 11) is 0. The van der Waals surface area contributed by atoms with Crippen LogP contribution in [0.5, 0.6) is 0 Å². The largest absolute Gasteiger partial charge is 0.324 e. The molecule has 0 aliphatic carbocycles. The van der Waals surface area contributed by atoms with Crippen molar-refractivity contribution in [2.24, 2.45) is 5.73 Å². The first kappa shape index (κ1) is 13.7. The molecule has 1 aromatic rings. The number of halogens is 3. The topological polar surface area (TPSA) is 26.0 Å². The van der Waals surface area contributed by atoms with E-state index in [-0.39, 0.29) is 23.5 Å². The minimum atomic E-state index is -0.394. The van der Waals surface area contributed by atoms with E-state index < -0.39 is 5.82 Å². The van der Waals surface area contributed by atoms with Crippen LogP contribution in [0.4, 0.5) is 4.39 Å². The molecular weight excluding hydrogens is 224 g/mol. The Labute approximate surface area is 94.9 Å². The van der Waals surface area contributed by atoms with Crippen LogP contribution in [0.1, 0.15) is 31.4 Å². The molecule has 0 unspecified atom stereocenters. The summed E-state index contributed by atoms with van der Waals surface area (Å²) in [6.45, 7) is 2.06. The van der Waals surface area contributed by atoms with E-state index in [1.54, 1.807) is 12.1 Å². The molecular formula is C10H14Cl2FN. The second kappa shape index (κ2) is 6.23. The predicted octanol–water partition coefficient (Wildman–Crippen LogP) is 3.70. The van der Waals surface area contributed by atoms with Gasteiger partial charge in [0.05, 0.1) is 5.02 Å². The summed E-state index contributed by atoms with van der Waals surface area (Å²) in [6.07, 6.45) is 1.90. The normalized spacial score (nSPS) is 12.0. The first-order chi connectivity index (χ1) is 6.15. The smallest absolute Gasteiger partial charge is 0.141 e. The van der Waals surface area contributed by atoms with Crippen molar-refractivity contribution in [2.45, 2.75) is 25.8 Å². The summed E-state index contributed by atoms with van der Waals surface area (Å²) in [5.74, 6) is -0.394. The molecule has 1 atom stereocenters. The van der Waals surface area contributed by atoms with Gasteiger partial charge in [-0.2, -0.15) is 0 Å². The lowest BCUT2D eigenvalue weighted by atomic mass is 10.0. The van der Waals surface area contributed by atoms with Gasteiger partial charge in [0, 0.05) is 6.04 Å². The van der Waals surface area contributed by atoms with Crippen molar-refractivity contribution < 1.29 is 4.39 Å². The molecule has 80 valence electrons. The van der Waals surface area contributed by atoms with E-state index in [4.69, 9.17) is 17.3 Å². The van der Waals surface area contributed by atoms with Crippen LogP contribution >= 0.6 is 24.0 Å². The average molecular weight is 238 g/mol. The van der Waals surface area contributed by atoms with Gasteiger partial charge in [-0.3, -0.25) is 0 Å². The molecule has 0 saturated carbocycles. The van der Waals surface area contributed by atoms with Crippen LogP contribution in [0, 0.1) is 5.82 Å². The average Bonchev–Trinajstić information content (AvgIpc) is 2.10. The predicted molar refractivity (Wildman–Crippen MR) is 60.5 cm³/mol. The zero-order valence-electron chi connectivity index (χ0n) is 7.97. The molecule has 0 heterocycles. The quantitative estimate of drug-likeness (QED) is 0.853. The summed E-state index contributed by atoms with van der Waals surface area (Å²) in [6, 6.07) is 4.59. The fraction of sp³-hybridized carbons (Fsp3) is 0.400. The molecule has 1 rings (SSSR count). The highest BCUT2D eigenvalue weighted by Gasteiger charge is 2.07. The molecule has 0 radical (unpaired) electrons. The monoisotopic (exact) mass is 237 g/mol. The standard InChI is InChI=1S/C10H13ClFN.ClH/c1-2-3-10(13)7-4-5-9(12)8(11)6-7;/h4-6,10H,2-3,13H2,1H3;1H/t10-;/m1./s1. The van der Waals surface area contributed by atoms with Crippen molar-refractivity contribution in [3.63, 3.8) is 0 Å². The number of nitrogens with two attached hydrogens (primary N) is 1. The molecule has 4 heteroatoms. The number of rotatable bonds is 3. The van der Waals surface area contributed by atoms with Crippen LogP contribution in [-0.2, 0) is 0 Å². The molecule has 0 bridgehead atoms. The lowest BCUT2D eigenvalue weighted by Crippen LogP contribution is -2.09. The summed E-state index contributed by atoms with van der Waals surface area (Å²) < 4.78 is 12.8. The molecule has 0 spiro atoms. The van der Waals surface area contributed by atoms with Crippen LogP contribution in [0.15, 0.2) is 18.2 Å². The van der Waals surface area contributed by atoms with Gasteiger partial charge in [0.2, 0.25) is 0 Å². The highest BCUT2D eigenvalue weighted by atomic mass is 35.5. The highest BCUT2D eigenvalue weighted by Crippen LogP contribution is 2.21. The minimum absolute atomic E-state index is 0. The summed E-state index contributed by atoms with van der Waals surface area (Å²) in [5, 5.41) is 0.143. The fourth-order valence-electron chi connectivity index (χ4n) is 1.22. The lowest BCUT2D eigenvalue weighted by Gasteiger charge is -2.10. The van der Waals surface area contributed by atoms with Crippen molar-refractivity contribution in [3.8, 4) is 0 Å². The molecule has 0 amide bonds. The zero-order valence-corrected chi connectivity index (χ0v) is 9.54. The van der Waals surface area contributed by atoms with Gasteiger partial charge in [-0.1, -0.05) is 31.0 Å². The Hall–Kier alpha value is -0.310. The van der Waals surface area contributed by atoms with Gasteiger partial charge in [0.15, 0.2) is 0 Å². The maximum Gasteiger partial charge on any atom is 0.141 e. The van der Waals surface area contributed by atoms with Crippen molar-refractivity contribution >= 4 is 24.0 Å². The Morgan fingerprint density at radius 1 is 1.50 bits per heavy atom. The van der Waals surface area contributed by atoms with Crippen molar-refractivity contribution in [1.82, 2.24) is 0 Å². The van der Waals surface area contributed by atoms with Gasteiger partial charge in [0.1, 0.15) is 5.82 Å². The first-order valence-electron chi connectivity index (χ1n) is 4.35. The molecule has 0 aromatic heterocycles. The van der Waals surface area contributed by atoms with Crippen LogP contribution < -0.4 is 5.73 Å². The molecule has 0 aliphatic heterocycles. The maximum absolute atomic E-state index is 12.8. The van der Waals surface area contributed by atoms with E-state index in [9.17, 15) is 4.39 Å². The second-order valence-corrected chi connectivity index (χ2v) is 3.48. The molecule has 0 fully saturated rings. The van der Waals surface area contributed by atoms with E-state index in [0.717, 1.165) is 18.4 Å². The Balaban J connectivity index is 0.00000169. The first-order valence-corrected chi connectivity index (χ1v) is 4.73. The van der Waals surface area contributed by atoms with E-state index in [1.165, 1.54) is 6.07 Å². The van der Waals surface area contributed by atoms with Crippen LogP contribution in [0.2, 0.25) is 5.02 Å². The second-order valence-electron chi connectivity index (χ2n) is 3.07. The Morgan fingerprint density at radius 3 is 2.64 bits per heavy atom. The van der Waals surface area contributed by atoms with E-state index in [0.29, 0.717) is 0 Å². The zero-order chi connectivity index (χ0) is 9.84. The van der Waals surface area contributed by atoms with Gasteiger partial charge in [0.25, 0.3) is 0 Å². The third-order valence-corrected chi connectivity index (χ3v) is 2.26. The molecule has 1 nitrogen and oxygen atoms in total. The van der Waals surface area contributed by atoms with Gasteiger partial charge in [-0.15, -0.1) is 12.4 Å². The van der Waals surface area contributed by atoms with E-state index in [1.807, 2.05) is 0 Å². The van der Waals surface area contributed by atoms with Gasteiger partial charge in [-0.05, 0) is 24.1 Å². The number of hydrogen-bond acceptors (Lipinski definition) is 1. The molecule has 2 N–H and O–H groups in total. The number of benzene rings is 1. The van der Waals surface area contributed by atoms with Crippen molar-refractivity contribution in [2.75, 3.05) is 0 Å². The Morgan fingerprint density at radius 2 is 2.14 bits per heavy atom. The third-order valence-electron chi connectivity index (χ3n) is 1.97. The molecule has 1 aromatic carbocycles. The number of hydrogen-bond donors (Lipinski definition) is 1. The van der Waals surface area contributed by atoms with Crippen molar-refractivity contribution in [3.05, 3.63) is 34.6 Å². The van der Waals surface area contributed by atoms with E-state index in [2.05, 4.69) is 6.92 Å². The molecule has 14 heavy (non-hydrogen) atoms. The molecule has 0 saturated heterocycles. The Bertz CT molecular complexity index is 291. The van der Waals surface area contributed by atoms with Gasteiger partial charge in [-0.25, -0.2) is 4.39 Å². The van der Waals surface area contributed by atoms with Gasteiger partial charge < -0.3 is 5.73 Å². The third kappa shape index (κ3) is 3.45. The Kier molecular flexibility index (Phi) is 6.09. The van der Waals surface area contributed by atoms with Gasteiger partial charge >= 0.3 is 0 Å². The fourth-order valence-corrected chi connectivity index (χ4v) is 1.41. The lowest BCUT2D eigenvalue weighted by molar-refractivity contribution is 0.616. The van der Waals surface area contributed by atoms with Crippen molar-refractivity contribution in [1.29, 1.82) is 0 Å².